The molecule has 0 rings (SSSR count). The van der Waals surface area contributed by atoms with Crippen molar-refractivity contribution in [2.75, 3.05) is 21.2 Å². The molecule has 2 nitrogen and oxygen atoms in total. The largest absolute Gasteiger partial charge is 0.380 e. The molecule has 0 N–H and O–H groups in total. The molecule has 0 aliphatic carbocycles. The zero-order chi connectivity index (χ0) is 8.15. The first-order chi connectivity index (χ1) is 4.63. The maximum Gasteiger partial charge on any atom is 0.0698 e. The Kier molecular flexibility index (Phi) is 4.65. The summed E-state index contributed by atoms with van der Waals surface area (Å²) in [6.45, 7) is 4.29. The fraction of sp³-hybridized carbons (Fsp3) is 1.00. The number of likely N-dealkylation sites (N-methyl/N-ethyl adjacent to an activating group) is 1. The van der Waals surface area contributed by atoms with E-state index < -0.39 is 0 Å². The molecule has 0 amide bonds. The second-order valence-corrected chi connectivity index (χ2v) is 2.88. The molecule has 62 valence electrons. The van der Waals surface area contributed by atoms with E-state index in [9.17, 15) is 0 Å². The van der Waals surface area contributed by atoms with Gasteiger partial charge in [0.1, 0.15) is 0 Å². The first-order valence-corrected chi connectivity index (χ1v) is 3.82. The SMILES string of the molecule is CC[C@H]([C@H](C)OC)N(C)C. The number of hydrogen-bond acceptors (Lipinski definition) is 2. The van der Waals surface area contributed by atoms with Crippen LogP contribution in [0, 0.1) is 0 Å². The first-order valence-electron chi connectivity index (χ1n) is 3.82. The van der Waals surface area contributed by atoms with E-state index >= 15 is 0 Å². The predicted molar refractivity (Wildman–Crippen MR) is 44.2 cm³/mol. The topological polar surface area (TPSA) is 12.5 Å². The molecule has 0 bridgehead atoms. The van der Waals surface area contributed by atoms with Crippen molar-refractivity contribution in [3.8, 4) is 0 Å². The average Bonchev–Trinajstić information content (AvgIpc) is 1.88. The van der Waals surface area contributed by atoms with Crippen LogP contribution in [0.1, 0.15) is 20.3 Å². The van der Waals surface area contributed by atoms with Crippen LogP contribution in [0.15, 0.2) is 0 Å². The molecule has 2 heteroatoms. The highest BCUT2D eigenvalue weighted by atomic mass is 16.5. The van der Waals surface area contributed by atoms with Crippen molar-refractivity contribution in [1.29, 1.82) is 0 Å². The molecule has 0 unspecified atom stereocenters. The van der Waals surface area contributed by atoms with Gasteiger partial charge < -0.3 is 9.64 Å². The standard InChI is InChI=1S/C8H19NO/c1-6-8(9(3)4)7(2)10-5/h7-8H,6H2,1-5H3/t7-,8+/m0/s1. The van der Waals surface area contributed by atoms with E-state index in [1.54, 1.807) is 7.11 Å². The second kappa shape index (κ2) is 4.69. The summed E-state index contributed by atoms with van der Waals surface area (Å²) in [5, 5.41) is 0. The Morgan fingerprint density at radius 2 is 1.90 bits per heavy atom. The Labute approximate surface area is 64.2 Å². The Morgan fingerprint density at radius 1 is 1.40 bits per heavy atom. The molecule has 0 aromatic carbocycles. The number of methoxy groups -OCH3 is 1. The number of hydrogen-bond donors (Lipinski definition) is 0. The minimum atomic E-state index is 0.333. The average molecular weight is 145 g/mol. The molecule has 0 aliphatic heterocycles. The Balaban J connectivity index is 3.80. The van der Waals surface area contributed by atoms with E-state index in [4.69, 9.17) is 4.74 Å². The van der Waals surface area contributed by atoms with Crippen molar-refractivity contribution in [1.82, 2.24) is 4.90 Å². The normalized spacial score (nSPS) is 17.4. The van der Waals surface area contributed by atoms with Crippen LogP contribution in [0.5, 0.6) is 0 Å². The van der Waals surface area contributed by atoms with E-state index in [0.717, 1.165) is 6.42 Å². The van der Waals surface area contributed by atoms with Gasteiger partial charge in [-0.3, -0.25) is 0 Å². The molecule has 0 heterocycles. The lowest BCUT2D eigenvalue weighted by Crippen LogP contribution is -2.37. The van der Waals surface area contributed by atoms with Crippen molar-refractivity contribution in [2.45, 2.75) is 32.4 Å². The summed E-state index contributed by atoms with van der Waals surface area (Å²) in [5.41, 5.74) is 0. The number of rotatable bonds is 4. The molecule has 10 heavy (non-hydrogen) atoms. The highest BCUT2D eigenvalue weighted by molar-refractivity contribution is 4.70. The summed E-state index contributed by atoms with van der Waals surface area (Å²) in [6.07, 6.45) is 1.47. The van der Waals surface area contributed by atoms with Gasteiger partial charge in [-0.1, -0.05) is 6.92 Å². The summed E-state index contributed by atoms with van der Waals surface area (Å²) in [6, 6.07) is 0.546. The molecule has 0 radical (unpaired) electrons. The summed E-state index contributed by atoms with van der Waals surface area (Å²) in [7, 11) is 5.93. The van der Waals surface area contributed by atoms with Gasteiger partial charge in [0.25, 0.3) is 0 Å². The number of ether oxygens (including phenoxy) is 1. The third-order valence-corrected chi connectivity index (χ3v) is 2.00. The summed E-state index contributed by atoms with van der Waals surface area (Å²) < 4.78 is 5.22. The quantitative estimate of drug-likeness (QED) is 0.592. The highest BCUT2D eigenvalue weighted by Gasteiger charge is 2.15. The fourth-order valence-corrected chi connectivity index (χ4v) is 1.27. The van der Waals surface area contributed by atoms with Crippen LogP contribution in [0.2, 0.25) is 0 Å². The van der Waals surface area contributed by atoms with E-state index in [-0.39, 0.29) is 0 Å². The zero-order valence-corrected chi connectivity index (χ0v) is 7.72. The second-order valence-electron chi connectivity index (χ2n) is 2.88. The molecule has 0 aliphatic rings. The minimum absolute atomic E-state index is 0.333. The van der Waals surface area contributed by atoms with Crippen molar-refractivity contribution < 1.29 is 4.74 Å². The van der Waals surface area contributed by atoms with Gasteiger partial charge in [0.15, 0.2) is 0 Å². The molecular weight excluding hydrogens is 126 g/mol. The van der Waals surface area contributed by atoms with Crippen LogP contribution < -0.4 is 0 Å². The van der Waals surface area contributed by atoms with Crippen molar-refractivity contribution >= 4 is 0 Å². The van der Waals surface area contributed by atoms with Gasteiger partial charge >= 0.3 is 0 Å². The van der Waals surface area contributed by atoms with Gasteiger partial charge in [0.05, 0.1) is 6.10 Å². The lowest BCUT2D eigenvalue weighted by molar-refractivity contribution is 0.0438. The van der Waals surface area contributed by atoms with E-state index in [1.807, 2.05) is 0 Å². The smallest absolute Gasteiger partial charge is 0.0698 e. The predicted octanol–water partition coefficient (Wildman–Crippen LogP) is 1.36. The summed E-state index contributed by atoms with van der Waals surface area (Å²) in [4.78, 5) is 2.20. The van der Waals surface area contributed by atoms with Gasteiger partial charge in [0, 0.05) is 13.2 Å². The Hall–Kier alpha value is -0.0800. The monoisotopic (exact) mass is 145 g/mol. The van der Waals surface area contributed by atoms with Crippen molar-refractivity contribution in [3.63, 3.8) is 0 Å². The minimum Gasteiger partial charge on any atom is -0.380 e. The summed E-state index contributed by atoms with van der Waals surface area (Å²) in [5.74, 6) is 0. The van der Waals surface area contributed by atoms with E-state index in [2.05, 4.69) is 32.8 Å². The maximum absolute atomic E-state index is 5.22. The molecule has 0 spiro atoms. The van der Waals surface area contributed by atoms with Gasteiger partial charge in [-0.25, -0.2) is 0 Å². The van der Waals surface area contributed by atoms with E-state index in [0.29, 0.717) is 12.1 Å². The molecular formula is C8H19NO. The fourth-order valence-electron chi connectivity index (χ4n) is 1.27. The number of nitrogens with zero attached hydrogens (tertiary/aromatic N) is 1. The molecule has 0 aromatic heterocycles. The van der Waals surface area contributed by atoms with Crippen LogP contribution in [0.3, 0.4) is 0 Å². The molecule has 0 fully saturated rings. The van der Waals surface area contributed by atoms with Gasteiger partial charge in [-0.15, -0.1) is 0 Å². The lowest BCUT2D eigenvalue weighted by Gasteiger charge is -2.27. The molecule has 2 atom stereocenters. The van der Waals surface area contributed by atoms with Gasteiger partial charge in [-0.2, -0.15) is 0 Å². The third-order valence-electron chi connectivity index (χ3n) is 2.00. The van der Waals surface area contributed by atoms with Crippen molar-refractivity contribution in [3.05, 3.63) is 0 Å². The van der Waals surface area contributed by atoms with Crippen LogP contribution in [-0.4, -0.2) is 38.3 Å². The zero-order valence-electron chi connectivity index (χ0n) is 7.72. The molecule has 0 saturated carbocycles. The third kappa shape index (κ3) is 2.67. The van der Waals surface area contributed by atoms with Crippen LogP contribution in [-0.2, 0) is 4.74 Å². The molecule has 0 saturated heterocycles. The summed E-state index contributed by atoms with van der Waals surface area (Å²) >= 11 is 0. The van der Waals surface area contributed by atoms with Crippen LogP contribution in [0.25, 0.3) is 0 Å². The highest BCUT2D eigenvalue weighted by Crippen LogP contribution is 2.06. The first kappa shape index (κ1) is 9.92. The Morgan fingerprint density at radius 3 is 2.00 bits per heavy atom. The van der Waals surface area contributed by atoms with Crippen LogP contribution in [0.4, 0.5) is 0 Å². The lowest BCUT2D eigenvalue weighted by atomic mass is 10.1. The van der Waals surface area contributed by atoms with E-state index in [1.165, 1.54) is 0 Å². The van der Waals surface area contributed by atoms with Gasteiger partial charge in [0.2, 0.25) is 0 Å². The maximum atomic E-state index is 5.22. The Bertz CT molecular complexity index is 83.3. The van der Waals surface area contributed by atoms with Gasteiger partial charge in [-0.05, 0) is 27.4 Å². The van der Waals surface area contributed by atoms with Crippen LogP contribution >= 0.6 is 0 Å². The van der Waals surface area contributed by atoms with Crippen molar-refractivity contribution in [2.24, 2.45) is 0 Å². The molecule has 0 aromatic rings.